The minimum atomic E-state index is -0.765. The van der Waals surface area contributed by atoms with Crippen molar-refractivity contribution in [3.05, 3.63) is 59.2 Å². The standard InChI is InChI=1S/C29H39N5O2/c1-31-19-25(32-28(36)29(30)13-5-4-6-14-29)17-21-7-9-22(10-8-21)23-11-12-26-24(18-23)20-34(27(26)35)16-15-33(2)3/h7-12,18-19,25H,4-6,13-17,20,30H2,1-3H3,(H,32,36). The Balaban J connectivity index is 1.41. The molecule has 0 radical (unpaired) electrons. The second-order valence-corrected chi connectivity index (χ2v) is 10.5. The molecule has 1 aliphatic heterocycles. The van der Waals surface area contributed by atoms with Gasteiger partial charge in [-0.3, -0.25) is 14.6 Å². The summed E-state index contributed by atoms with van der Waals surface area (Å²) in [6.07, 6.45) is 7.07. The van der Waals surface area contributed by atoms with E-state index in [9.17, 15) is 9.59 Å². The Labute approximate surface area is 214 Å². The monoisotopic (exact) mass is 489 g/mol. The number of hydrogen-bond donors (Lipinski definition) is 2. The van der Waals surface area contributed by atoms with Crippen LogP contribution in [0.4, 0.5) is 0 Å². The first-order chi connectivity index (χ1) is 17.3. The molecule has 3 N–H and O–H groups in total. The van der Waals surface area contributed by atoms with Crippen LogP contribution in [-0.4, -0.2) is 73.6 Å². The van der Waals surface area contributed by atoms with Gasteiger partial charge in [0.2, 0.25) is 5.91 Å². The molecule has 1 unspecified atom stereocenters. The molecular formula is C29H39N5O2. The van der Waals surface area contributed by atoms with E-state index in [1.807, 2.05) is 31.1 Å². The van der Waals surface area contributed by atoms with Gasteiger partial charge in [-0.15, -0.1) is 0 Å². The quantitative estimate of drug-likeness (QED) is 0.529. The second-order valence-electron chi connectivity index (χ2n) is 10.5. The van der Waals surface area contributed by atoms with E-state index in [2.05, 4.69) is 45.5 Å². The van der Waals surface area contributed by atoms with Crippen LogP contribution >= 0.6 is 0 Å². The molecule has 0 saturated heterocycles. The lowest BCUT2D eigenvalue weighted by atomic mass is 9.81. The summed E-state index contributed by atoms with van der Waals surface area (Å²) in [6.45, 7) is 2.24. The number of benzene rings is 2. The highest BCUT2D eigenvalue weighted by molar-refractivity contribution is 5.99. The van der Waals surface area contributed by atoms with E-state index in [-0.39, 0.29) is 17.9 Å². The Morgan fingerprint density at radius 1 is 1.14 bits per heavy atom. The van der Waals surface area contributed by atoms with Gasteiger partial charge in [0.15, 0.2) is 0 Å². The molecule has 0 aromatic heterocycles. The van der Waals surface area contributed by atoms with Gasteiger partial charge in [-0.05, 0) is 67.7 Å². The van der Waals surface area contributed by atoms with Gasteiger partial charge in [0.05, 0.1) is 11.6 Å². The van der Waals surface area contributed by atoms with Crippen LogP contribution < -0.4 is 11.1 Å². The highest BCUT2D eigenvalue weighted by Gasteiger charge is 2.36. The number of likely N-dealkylation sites (N-methyl/N-ethyl adjacent to an activating group) is 1. The van der Waals surface area contributed by atoms with Crippen LogP contribution in [0.1, 0.15) is 53.6 Å². The van der Waals surface area contributed by atoms with Crippen molar-refractivity contribution < 1.29 is 9.59 Å². The van der Waals surface area contributed by atoms with Crippen LogP contribution in [0.3, 0.4) is 0 Å². The lowest BCUT2D eigenvalue weighted by Gasteiger charge is -2.33. The largest absolute Gasteiger partial charge is 0.346 e. The summed E-state index contributed by atoms with van der Waals surface area (Å²) in [4.78, 5) is 33.8. The molecule has 7 heteroatoms. The van der Waals surface area contributed by atoms with Crippen LogP contribution in [0.2, 0.25) is 0 Å². The van der Waals surface area contributed by atoms with Crippen molar-refractivity contribution in [3.8, 4) is 11.1 Å². The fraction of sp³-hybridized carbons (Fsp3) is 0.483. The highest BCUT2D eigenvalue weighted by atomic mass is 16.2. The van der Waals surface area contributed by atoms with Crippen molar-refractivity contribution in [2.24, 2.45) is 10.7 Å². The summed E-state index contributed by atoms with van der Waals surface area (Å²) < 4.78 is 0. The maximum absolute atomic E-state index is 12.9. The average Bonchev–Trinajstić information content (AvgIpc) is 3.18. The topological polar surface area (TPSA) is 91.0 Å². The molecule has 2 aromatic rings. The Bertz CT molecular complexity index is 1100. The number of aliphatic imine (C=N–C) groups is 1. The lowest BCUT2D eigenvalue weighted by Crippen LogP contribution is -2.57. The summed E-state index contributed by atoms with van der Waals surface area (Å²) in [5, 5.41) is 3.12. The van der Waals surface area contributed by atoms with E-state index in [0.29, 0.717) is 13.0 Å². The number of carbonyl (C=O) groups excluding carboxylic acids is 2. The molecular weight excluding hydrogens is 450 g/mol. The molecule has 2 amide bonds. The number of fused-ring (bicyclic) bond motifs is 1. The predicted octanol–water partition coefficient (Wildman–Crippen LogP) is 3.26. The minimum Gasteiger partial charge on any atom is -0.346 e. The summed E-state index contributed by atoms with van der Waals surface area (Å²) in [5.41, 5.74) is 10.9. The van der Waals surface area contributed by atoms with Crippen molar-refractivity contribution in [2.75, 3.05) is 34.2 Å². The normalized spacial score (nSPS) is 18.0. The lowest BCUT2D eigenvalue weighted by molar-refractivity contribution is -0.127. The van der Waals surface area contributed by atoms with E-state index in [1.54, 1.807) is 13.3 Å². The fourth-order valence-electron chi connectivity index (χ4n) is 5.19. The molecule has 1 aliphatic carbocycles. The van der Waals surface area contributed by atoms with Gasteiger partial charge in [-0.1, -0.05) is 49.6 Å². The first-order valence-electron chi connectivity index (χ1n) is 13.0. The van der Waals surface area contributed by atoms with E-state index in [4.69, 9.17) is 5.73 Å². The molecule has 4 rings (SSSR count). The molecule has 1 atom stereocenters. The first-order valence-corrected chi connectivity index (χ1v) is 13.0. The molecule has 0 spiro atoms. The number of nitrogens with zero attached hydrogens (tertiary/aromatic N) is 3. The van der Waals surface area contributed by atoms with Crippen molar-refractivity contribution in [3.63, 3.8) is 0 Å². The molecule has 1 saturated carbocycles. The van der Waals surface area contributed by atoms with Gasteiger partial charge in [0.25, 0.3) is 5.91 Å². The number of nitrogens with two attached hydrogens (primary N) is 1. The average molecular weight is 490 g/mol. The third-order valence-electron chi connectivity index (χ3n) is 7.39. The Morgan fingerprint density at radius 3 is 2.50 bits per heavy atom. The van der Waals surface area contributed by atoms with Gasteiger partial charge in [-0.2, -0.15) is 0 Å². The molecule has 192 valence electrons. The Kier molecular flexibility index (Phi) is 8.21. The van der Waals surface area contributed by atoms with E-state index >= 15 is 0 Å². The molecule has 1 fully saturated rings. The minimum absolute atomic E-state index is 0.0731. The summed E-state index contributed by atoms with van der Waals surface area (Å²) in [6, 6.07) is 14.3. The van der Waals surface area contributed by atoms with Crippen molar-refractivity contribution in [2.45, 2.75) is 56.7 Å². The van der Waals surface area contributed by atoms with Crippen LogP contribution in [0.15, 0.2) is 47.5 Å². The molecule has 7 nitrogen and oxygen atoms in total. The van der Waals surface area contributed by atoms with Crippen molar-refractivity contribution in [1.82, 2.24) is 15.1 Å². The Morgan fingerprint density at radius 2 is 1.83 bits per heavy atom. The van der Waals surface area contributed by atoms with E-state index < -0.39 is 5.54 Å². The summed E-state index contributed by atoms with van der Waals surface area (Å²) >= 11 is 0. The van der Waals surface area contributed by atoms with Crippen LogP contribution in [0, 0.1) is 0 Å². The van der Waals surface area contributed by atoms with Crippen molar-refractivity contribution in [1.29, 1.82) is 0 Å². The zero-order valence-electron chi connectivity index (χ0n) is 21.8. The number of amides is 2. The SMILES string of the molecule is CN=CC(Cc1ccc(-c2ccc3c(c2)CN(CCN(C)C)C3=O)cc1)NC(=O)C1(N)CCCCC1. The smallest absolute Gasteiger partial charge is 0.254 e. The zero-order valence-corrected chi connectivity index (χ0v) is 21.8. The predicted molar refractivity (Wildman–Crippen MR) is 145 cm³/mol. The van der Waals surface area contributed by atoms with Gasteiger partial charge >= 0.3 is 0 Å². The number of nitrogens with one attached hydrogen (secondary N) is 1. The van der Waals surface area contributed by atoms with Crippen LogP contribution in [-0.2, 0) is 17.8 Å². The maximum Gasteiger partial charge on any atom is 0.254 e. The number of carbonyl (C=O) groups is 2. The third-order valence-corrected chi connectivity index (χ3v) is 7.39. The zero-order chi connectivity index (χ0) is 25.7. The molecule has 2 aliphatic rings. The van der Waals surface area contributed by atoms with E-state index in [0.717, 1.165) is 73.0 Å². The molecule has 0 bridgehead atoms. The first kappa shape index (κ1) is 26.0. The summed E-state index contributed by atoms with van der Waals surface area (Å²) in [5.74, 6) is 0.0444. The second kappa shape index (κ2) is 11.4. The fourth-order valence-corrected chi connectivity index (χ4v) is 5.19. The van der Waals surface area contributed by atoms with Gasteiger partial charge in [0, 0.05) is 38.5 Å². The van der Waals surface area contributed by atoms with Gasteiger partial charge in [0.1, 0.15) is 0 Å². The maximum atomic E-state index is 12.9. The third kappa shape index (κ3) is 6.02. The molecule has 2 aromatic carbocycles. The summed E-state index contributed by atoms with van der Waals surface area (Å²) in [7, 11) is 5.76. The molecule has 1 heterocycles. The van der Waals surface area contributed by atoms with Gasteiger partial charge < -0.3 is 20.9 Å². The van der Waals surface area contributed by atoms with Crippen molar-refractivity contribution >= 4 is 18.0 Å². The van der Waals surface area contributed by atoms with E-state index in [1.165, 1.54) is 0 Å². The van der Waals surface area contributed by atoms with Crippen LogP contribution in [0.5, 0.6) is 0 Å². The molecule has 36 heavy (non-hydrogen) atoms. The highest BCUT2D eigenvalue weighted by Crippen LogP contribution is 2.29. The number of rotatable bonds is 9. The van der Waals surface area contributed by atoms with Gasteiger partial charge in [-0.25, -0.2) is 0 Å². The van der Waals surface area contributed by atoms with Crippen LogP contribution in [0.25, 0.3) is 11.1 Å². The number of hydrogen-bond acceptors (Lipinski definition) is 5. The Hall–Kier alpha value is -3.03.